The summed E-state index contributed by atoms with van der Waals surface area (Å²) >= 11 is 0. The Morgan fingerprint density at radius 2 is 1.40 bits per heavy atom. The Bertz CT molecular complexity index is 1240. The van der Waals surface area contributed by atoms with Crippen molar-refractivity contribution in [1.82, 2.24) is 9.71 Å². The molecule has 8 nitrogen and oxygen atoms in total. The topological polar surface area (TPSA) is 117 Å². The van der Waals surface area contributed by atoms with Gasteiger partial charge in [-0.15, -0.1) is 0 Å². The number of nitrogens with one attached hydrogen (secondary N) is 3. The summed E-state index contributed by atoms with van der Waals surface area (Å²) in [5, 5.41) is 3.07. The Morgan fingerprint density at radius 3 is 2.03 bits per heavy atom. The van der Waals surface area contributed by atoms with Crippen LogP contribution in [-0.4, -0.2) is 27.9 Å². The normalized spacial score (nSPS) is 14.3. The van der Waals surface area contributed by atoms with Crippen molar-refractivity contribution in [3.63, 3.8) is 0 Å². The fraction of sp³-hybridized carbons (Fsp3) is 0.150. The SMILES string of the molecule is O=S(=O)(Nc1cccnc1Nc1ccccc1)c1ccc(S(=O)(=O)NC2CC2)cc1. The number of para-hydroxylation sites is 1. The molecule has 3 aromatic rings. The minimum atomic E-state index is -3.95. The summed E-state index contributed by atoms with van der Waals surface area (Å²) in [5.74, 6) is 0.347. The molecule has 0 unspecified atom stereocenters. The summed E-state index contributed by atoms with van der Waals surface area (Å²) in [6.07, 6.45) is 3.19. The molecule has 0 bridgehead atoms. The van der Waals surface area contributed by atoms with E-state index in [9.17, 15) is 16.8 Å². The second-order valence-corrected chi connectivity index (χ2v) is 10.3. The van der Waals surface area contributed by atoms with Crippen LogP contribution in [0.15, 0.2) is 82.7 Å². The first kappa shape index (κ1) is 20.3. The monoisotopic (exact) mass is 444 g/mol. The third-order valence-corrected chi connectivity index (χ3v) is 7.35. The van der Waals surface area contributed by atoms with Crippen molar-refractivity contribution < 1.29 is 16.8 Å². The van der Waals surface area contributed by atoms with Crippen molar-refractivity contribution in [2.75, 3.05) is 10.0 Å². The molecule has 3 N–H and O–H groups in total. The van der Waals surface area contributed by atoms with Gasteiger partial charge < -0.3 is 5.32 Å². The van der Waals surface area contributed by atoms with Gasteiger partial charge in [-0.25, -0.2) is 26.5 Å². The standard InChI is InChI=1S/C20H20N4O4S2/c25-29(26,23-16-8-9-16)17-10-12-18(13-11-17)30(27,28)24-19-7-4-14-21-20(19)22-15-5-2-1-3-6-15/h1-7,10-14,16,23-24H,8-9H2,(H,21,22). The van der Waals surface area contributed by atoms with E-state index >= 15 is 0 Å². The Kier molecular flexibility index (Phi) is 5.46. The lowest BCUT2D eigenvalue weighted by Crippen LogP contribution is -2.25. The molecule has 1 aromatic heterocycles. The van der Waals surface area contributed by atoms with Crippen molar-refractivity contribution in [3.05, 3.63) is 72.9 Å². The lowest BCUT2D eigenvalue weighted by molar-refractivity contribution is 0.580. The van der Waals surface area contributed by atoms with Gasteiger partial charge in [-0.05, 0) is 61.4 Å². The third-order valence-electron chi connectivity index (χ3n) is 4.43. The highest BCUT2D eigenvalue weighted by atomic mass is 32.2. The molecule has 1 heterocycles. The number of hydrogen-bond acceptors (Lipinski definition) is 6. The summed E-state index contributed by atoms with van der Waals surface area (Å²) in [6.45, 7) is 0. The van der Waals surface area contributed by atoms with E-state index in [4.69, 9.17) is 0 Å². The molecule has 4 rings (SSSR count). The number of pyridine rings is 1. The average Bonchev–Trinajstić information content (AvgIpc) is 3.53. The second-order valence-electron chi connectivity index (χ2n) is 6.86. The van der Waals surface area contributed by atoms with Crippen molar-refractivity contribution in [3.8, 4) is 0 Å². The number of benzene rings is 2. The van der Waals surface area contributed by atoms with Gasteiger partial charge in [-0.2, -0.15) is 0 Å². The Labute approximate surface area is 175 Å². The van der Waals surface area contributed by atoms with Crippen molar-refractivity contribution >= 4 is 37.2 Å². The van der Waals surface area contributed by atoms with Gasteiger partial charge in [0.15, 0.2) is 5.82 Å². The van der Waals surface area contributed by atoms with E-state index in [1.165, 1.54) is 24.3 Å². The maximum absolute atomic E-state index is 12.8. The van der Waals surface area contributed by atoms with Gasteiger partial charge in [-0.3, -0.25) is 4.72 Å². The van der Waals surface area contributed by atoms with Crippen LogP contribution in [0.25, 0.3) is 0 Å². The minimum absolute atomic E-state index is 0.0267. The maximum atomic E-state index is 12.8. The molecular weight excluding hydrogens is 424 g/mol. The van der Waals surface area contributed by atoms with E-state index in [0.717, 1.165) is 18.5 Å². The summed E-state index contributed by atoms with van der Waals surface area (Å²) in [6, 6.07) is 17.5. The quantitative estimate of drug-likeness (QED) is 0.492. The predicted octanol–water partition coefficient (Wildman–Crippen LogP) is 3.07. The van der Waals surface area contributed by atoms with Gasteiger partial charge in [0.2, 0.25) is 10.0 Å². The number of aromatic nitrogens is 1. The number of anilines is 3. The summed E-state index contributed by atoms with van der Waals surface area (Å²) < 4.78 is 55.2. The van der Waals surface area contributed by atoms with Gasteiger partial charge in [0.25, 0.3) is 10.0 Å². The molecule has 0 saturated heterocycles. The van der Waals surface area contributed by atoms with Gasteiger partial charge >= 0.3 is 0 Å². The zero-order valence-corrected chi connectivity index (χ0v) is 17.4. The van der Waals surface area contributed by atoms with Crippen molar-refractivity contribution in [2.45, 2.75) is 28.7 Å². The molecule has 0 spiro atoms. The lowest BCUT2D eigenvalue weighted by atomic mass is 10.3. The van der Waals surface area contributed by atoms with E-state index in [-0.39, 0.29) is 21.5 Å². The molecule has 30 heavy (non-hydrogen) atoms. The number of hydrogen-bond donors (Lipinski definition) is 3. The fourth-order valence-corrected chi connectivity index (χ4v) is 5.11. The van der Waals surface area contributed by atoms with Crippen LogP contribution in [0.1, 0.15) is 12.8 Å². The first-order valence-corrected chi connectivity index (χ1v) is 12.2. The van der Waals surface area contributed by atoms with E-state index in [2.05, 4.69) is 19.7 Å². The second kappa shape index (κ2) is 8.05. The molecule has 0 atom stereocenters. The number of nitrogens with zero attached hydrogens (tertiary/aromatic N) is 1. The Hall–Kier alpha value is -2.95. The highest BCUT2D eigenvalue weighted by molar-refractivity contribution is 7.92. The minimum Gasteiger partial charge on any atom is -0.338 e. The zero-order valence-electron chi connectivity index (χ0n) is 15.8. The van der Waals surface area contributed by atoms with Crippen molar-refractivity contribution in [2.24, 2.45) is 0 Å². The van der Waals surface area contributed by atoms with Crippen LogP contribution < -0.4 is 14.8 Å². The molecule has 1 saturated carbocycles. The molecule has 0 radical (unpaired) electrons. The Balaban J connectivity index is 1.55. The van der Waals surface area contributed by atoms with E-state index in [0.29, 0.717) is 5.82 Å². The molecule has 2 aromatic carbocycles. The smallest absolute Gasteiger partial charge is 0.262 e. The zero-order chi connectivity index (χ0) is 21.2. The highest BCUT2D eigenvalue weighted by Crippen LogP contribution is 2.26. The van der Waals surface area contributed by atoms with Crippen LogP contribution in [0, 0.1) is 0 Å². The molecule has 156 valence electrons. The van der Waals surface area contributed by atoms with Gasteiger partial charge in [0.1, 0.15) is 0 Å². The first-order chi connectivity index (χ1) is 14.3. The van der Waals surface area contributed by atoms with E-state index in [1.54, 1.807) is 18.3 Å². The lowest BCUT2D eigenvalue weighted by Gasteiger charge is -2.13. The molecule has 1 aliphatic carbocycles. The van der Waals surface area contributed by atoms with Crippen LogP contribution in [-0.2, 0) is 20.0 Å². The largest absolute Gasteiger partial charge is 0.338 e. The number of rotatable bonds is 8. The predicted molar refractivity (Wildman–Crippen MR) is 115 cm³/mol. The molecule has 1 aliphatic rings. The number of sulfonamides is 2. The molecule has 0 aliphatic heterocycles. The molecule has 0 amide bonds. The van der Waals surface area contributed by atoms with Crippen LogP contribution in [0.4, 0.5) is 17.2 Å². The van der Waals surface area contributed by atoms with Crippen molar-refractivity contribution in [1.29, 1.82) is 0 Å². The Morgan fingerprint density at radius 1 is 0.767 bits per heavy atom. The van der Waals surface area contributed by atoms with Crippen LogP contribution in [0.5, 0.6) is 0 Å². The fourth-order valence-electron chi connectivity index (χ4n) is 2.74. The molecular formula is C20H20N4O4S2. The molecule has 10 heteroatoms. The highest BCUT2D eigenvalue weighted by Gasteiger charge is 2.28. The van der Waals surface area contributed by atoms with E-state index in [1.807, 2.05) is 30.3 Å². The first-order valence-electron chi connectivity index (χ1n) is 9.26. The van der Waals surface area contributed by atoms with Crippen LogP contribution >= 0.6 is 0 Å². The average molecular weight is 445 g/mol. The van der Waals surface area contributed by atoms with E-state index < -0.39 is 20.0 Å². The summed E-state index contributed by atoms with van der Waals surface area (Å²) in [4.78, 5) is 4.18. The van der Waals surface area contributed by atoms with Crippen LogP contribution in [0.2, 0.25) is 0 Å². The maximum Gasteiger partial charge on any atom is 0.262 e. The van der Waals surface area contributed by atoms with Gasteiger partial charge in [0.05, 0.1) is 15.5 Å². The van der Waals surface area contributed by atoms with Gasteiger partial charge in [-0.1, -0.05) is 18.2 Å². The summed E-state index contributed by atoms with van der Waals surface area (Å²) in [5.41, 5.74) is 1.03. The summed E-state index contributed by atoms with van der Waals surface area (Å²) in [7, 11) is -7.59. The van der Waals surface area contributed by atoms with Crippen LogP contribution in [0.3, 0.4) is 0 Å². The van der Waals surface area contributed by atoms with Gasteiger partial charge in [0, 0.05) is 17.9 Å². The molecule has 1 fully saturated rings. The third kappa shape index (κ3) is 4.78.